The van der Waals surface area contributed by atoms with Crippen LogP contribution in [0.3, 0.4) is 0 Å². The van der Waals surface area contributed by atoms with Crippen LogP contribution in [0.1, 0.15) is 43.0 Å². The lowest BCUT2D eigenvalue weighted by Crippen LogP contribution is -2.26. The summed E-state index contributed by atoms with van der Waals surface area (Å²) in [4.78, 5) is 27.3. The van der Waals surface area contributed by atoms with Crippen molar-refractivity contribution in [2.24, 2.45) is 0 Å². The van der Waals surface area contributed by atoms with Gasteiger partial charge < -0.3 is 32.4 Å². The Kier molecular flexibility index (Phi) is 5.29. The molecular weight excluding hydrogens is 456 g/mol. The molecule has 0 saturated heterocycles. The molecule has 8 N–H and O–H groups in total. The van der Waals surface area contributed by atoms with Crippen molar-refractivity contribution in [3.8, 4) is 23.0 Å². The van der Waals surface area contributed by atoms with Crippen molar-refractivity contribution in [2.45, 2.75) is 13.8 Å². The average Bonchev–Trinajstić information content (AvgIpc) is 2.81. The van der Waals surface area contributed by atoms with Gasteiger partial charge in [0.05, 0.1) is 33.6 Å². The summed E-state index contributed by atoms with van der Waals surface area (Å²) in [6, 6.07) is 17.5. The molecule has 0 spiro atoms. The highest BCUT2D eigenvalue weighted by Gasteiger charge is 2.38. The van der Waals surface area contributed by atoms with Crippen LogP contribution in [0.5, 0.6) is 23.0 Å². The van der Waals surface area contributed by atoms with Crippen molar-refractivity contribution in [2.75, 3.05) is 22.9 Å². The van der Waals surface area contributed by atoms with Crippen LogP contribution in [0.4, 0.5) is 22.7 Å². The maximum absolute atomic E-state index is 13.7. The molecule has 0 bridgehead atoms. The Morgan fingerprint density at radius 1 is 0.556 bits per heavy atom. The van der Waals surface area contributed by atoms with E-state index in [1.54, 1.807) is 12.1 Å². The minimum Gasteiger partial charge on any atom is -0.455 e. The first kappa shape index (κ1) is 22.8. The predicted octanol–water partition coefficient (Wildman–Crippen LogP) is 4.99. The molecule has 5 rings (SSSR count). The molecule has 180 valence electrons. The lowest BCUT2D eigenvalue weighted by molar-refractivity contribution is 0.0981. The van der Waals surface area contributed by atoms with Crippen molar-refractivity contribution in [1.82, 2.24) is 0 Å². The molecule has 0 atom stereocenters. The molecule has 0 heterocycles. The van der Waals surface area contributed by atoms with E-state index in [2.05, 4.69) is 0 Å². The second-order valence-corrected chi connectivity index (χ2v) is 8.75. The largest absolute Gasteiger partial charge is 0.455 e. The number of nitrogen functional groups attached to an aromatic ring is 4. The number of carbonyl (C=O) groups excluding carboxylic acids is 2. The standard InChI is InChI=1S/C28H24N4O4/c1-13-5-3-7-15(9-13)35-19-11-17(29)21-23(25(19)31)27(33)22-18(30)12-20(26(32)24(22)28(21)34)36-16-8-4-6-14(2)10-16/h3-12H,29-32H2,1-2H3. The molecule has 1 aliphatic rings. The van der Waals surface area contributed by atoms with E-state index < -0.39 is 11.6 Å². The Labute approximate surface area is 207 Å². The monoisotopic (exact) mass is 480 g/mol. The SMILES string of the molecule is Cc1cccc(Oc2cc(N)c3c(c2N)C(=O)c2c(N)cc(Oc4cccc(C)c4)c(N)c2C3=O)c1. The van der Waals surface area contributed by atoms with Crippen molar-refractivity contribution < 1.29 is 19.1 Å². The number of fused-ring (bicyclic) bond motifs is 2. The number of ether oxygens (including phenoxy) is 2. The van der Waals surface area contributed by atoms with Gasteiger partial charge in [0, 0.05) is 23.5 Å². The van der Waals surface area contributed by atoms with Crippen LogP contribution in [-0.2, 0) is 0 Å². The van der Waals surface area contributed by atoms with Crippen LogP contribution in [0.15, 0.2) is 60.7 Å². The van der Waals surface area contributed by atoms with Crippen LogP contribution in [0, 0.1) is 13.8 Å². The van der Waals surface area contributed by atoms with Gasteiger partial charge in [0.25, 0.3) is 0 Å². The first-order valence-corrected chi connectivity index (χ1v) is 11.2. The zero-order valence-corrected chi connectivity index (χ0v) is 19.7. The van der Waals surface area contributed by atoms with E-state index in [9.17, 15) is 9.59 Å². The van der Waals surface area contributed by atoms with Crippen molar-refractivity contribution >= 4 is 34.3 Å². The van der Waals surface area contributed by atoms with Crippen molar-refractivity contribution in [3.05, 3.63) is 94.0 Å². The van der Waals surface area contributed by atoms with Crippen molar-refractivity contribution in [1.29, 1.82) is 0 Å². The molecule has 4 aromatic carbocycles. The molecule has 1 aliphatic carbocycles. The Balaban J connectivity index is 1.63. The quantitative estimate of drug-likeness (QED) is 0.262. The van der Waals surface area contributed by atoms with Crippen LogP contribution in [0.2, 0.25) is 0 Å². The van der Waals surface area contributed by atoms with Crippen LogP contribution in [-0.4, -0.2) is 11.6 Å². The predicted molar refractivity (Wildman–Crippen MR) is 140 cm³/mol. The van der Waals surface area contributed by atoms with Gasteiger partial charge >= 0.3 is 0 Å². The molecule has 36 heavy (non-hydrogen) atoms. The molecule has 0 aliphatic heterocycles. The van der Waals surface area contributed by atoms with Gasteiger partial charge in [0.15, 0.2) is 23.1 Å². The molecule has 4 aromatic rings. The summed E-state index contributed by atoms with van der Waals surface area (Å²) in [5.74, 6) is 0.213. The summed E-state index contributed by atoms with van der Waals surface area (Å²) in [5, 5.41) is 0. The Bertz CT molecular complexity index is 1470. The Morgan fingerprint density at radius 2 is 0.944 bits per heavy atom. The summed E-state index contributed by atoms with van der Waals surface area (Å²) in [6.07, 6.45) is 0. The van der Waals surface area contributed by atoms with E-state index in [0.29, 0.717) is 11.5 Å². The summed E-state index contributed by atoms with van der Waals surface area (Å²) < 4.78 is 11.8. The number of carbonyl (C=O) groups is 2. The third kappa shape index (κ3) is 3.65. The number of hydrogen-bond donors (Lipinski definition) is 4. The average molecular weight is 481 g/mol. The molecule has 8 nitrogen and oxygen atoms in total. The second-order valence-electron chi connectivity index (χ2n) is 8.75. The van der Waals surface area contributed by atoms with Gasteiger partial charge in [-0.2, -0.15) is 0 Å². The van der Waals surface area contributed by atoms with Crippen LogP contribution in [0.25, 0.3) is 0 Å². The first-order valence-electron chi connectivity index (χ1n) is 11.2. The highest BCUT2D eigenvalue weighted by atomic mass is 16.5. The summed E-state index contributed by atoms with van der Waals surface area (Å²) in [5.41, 5.74) is 27.0. The van der Waals surface area contributed by atoms with Gasteiger partial charge in [-0.3, -0.25) is 9.59 Å². The highest BCUT2D eigenvalue weighted by Crippen LogP contribution is 2.46. The number of aryl methyl sites for hydroxylation is 2. The smallest absolute Gasteiger partial charge is 0.198 e. The van der Waals surface area contributed by atoms with Gasteiger partial charge in [-0.05, 0) is 49.2 Å². The second kappa shape index (κ2) is 8.35. The minimum absolute atomic E-state index is 0.0113. The third-order valence-corrected chi connectivity index (χ3v) is 6.06. The number of ketones is 2. The van der Waals surface area contributed by atoms with Gasteiger partial charge in [0.1, 0.15) is 11.5 Å². The molecule has 0 unspecified atom stereocenters. The normalized spacial score (nSPS) is 12.2. The Morgan fingerprint density at radius 3 is 1.31 bits per heavy atom. The van der Waals surface area contributed by atoms with Crippen LogP contribution >= 0.6 is 0 Å². The molecular formula is C28H24N4O4. The third-order valence-electron chi connectivity index (χ3n) is 6.06. The van der Waals surface area contributed by atoms with E-state index in [-0.39, 0.29) is 56.5 Å². The number of nitrogens with two attached hydrogens (primary N) is 4. The van der Waals surface area contributed by atoms with E-state index in [4.69, 9.17) is 32.4 Å². The lowest BCUT2D eigenvalue weighted by atomic mass is 9.80. The number of rotatable bonds is 4. The summed E-state index contributed by atoms with van der Waals surface area (Å²) >= 11 is 0. The van der Waals surface area contributed by atoms with Crippen LogP contribution < -0.4 is 32.4 Å². The summed E-state index contributed by atoms with van der Waals surface area (Å²) in [6.45, 7) is 3.83. The lowest BCUT2D eigenvalue weighted by Gasteiger charge is -2.25. The summed E-state index contributed by atoms with van der Waals surface area (Å²) in [7, 11) is 0. The molecule has 0 saturated carbocycles. The maximum atomic E-state index is 13.7. The maximum Gasteiger partial charge on any atom is 0.198 e. The van der Waals surface area contributed by atoms with Gasteiger partial charge in [-0.1, -0.05) is 24.3 Å². The molecule has 0 amide bonds. The van der Waals surface area contributed by atoms with E-state index in [1.807, 2.05) is 50.2 Å². The van der Waals surface area contributed by atoms with Gasteiger partial charge in [-0.15, -0.1) is 0 Å². The number of hydrogen-bond acceptors (Lipinski definition) is 8. The number of anilines is 4. The zero-order valence-electron chi connectivity index (χ0n) is 19.7. The molecule has 0 fully saturated rings. The van der Waals surface area contributed by atoms with Gasteiger partial charge in [0.2, 0.25) is 0 Å². The van der Waals surface area contributed by atoms with Gasteiger partial charge in [-0.25, -0.2) is 0 Å². The Hall–Kier alpha value is -4.98. The number of benzene rings is 4. The fourth-order valence-electron chi connectivity index (χ4n) is 4.38. The highest BCUT2D eigenvalue weighted by molar-refractivity contribution is 6.35. The van der Waals surface area contributed by atoms with Crippen molar-refractivity contribution in [3.63, 3.8) is 0 Å². The first-order chi connectivity index (χ1) is 17.2. The fraction of sp³-hybridized carbons (Fsp3) is 0.0714. The topological polar surface area (TPSA) is 157 Å². The zero-order chi connectivity index (χ0) is 25.7. The van der Waals surface area contributed by atoms with E-state index in [0.717, 1.165) is 11.1 Å². The fourth-order valence-corrected chi connectivity index (χ4v) is 4.38. The molecule has 0 aromatic heterocycles. The molecule has 8 heteroatoms. The van der Waals surface area contributed by atoms with E-state index >= 15 is 0 Å². The minimum atomic E-state index is -0.565. The van der Waals surface area contributed by atoms with E-state index in [1.165, 1.54) is 12.1 Å². The molecule has 0 radical (unpaired) electrons.